The van der Waals surface area contributed by atoms with Crippen molar-refractivity contribution in [2.45, 2.75) is 24.5 Å². The Kier molecular flexibility index (Phi) is 2.22. The number of aromatic nitrogens is 2. The van der Waals surface area contributed by atoms with E-state index in [0.717, 1.165) is 0 Å². The number of phosphoric acid groups is 1. The first-order valence-corrected chi connectivity index (χ1v) is 7.09. The number of nitrogens with zero attached hydrogens (tertiary/aromatic N) is 2. The second-order valence-corrected chi connectivity index (χ2v) is 5.78. The van der Waals surface area contributed by atoms with Crippen LogP contribution in [0.4, 0.5) is 0 Å². The van der Waals surface area contributed by atoms with Crippen molar-refractivity contribution in [2.24, 2.45) is 0 Å². The molecule has 5 atom stereocenters. The van der Waals surface area contributed by atoms with Gasteiger partial charge in [-0.25, -0.2) is 0 Å². The first kappa shape index (κ1) is 11.6. The lowest BCUT2D eigenvalue weighted by atomic mass is 10.1. The van der Waals surface area contributed by atoms with Crippen LogP contribution in [0.25, 0.3) is 0 Å². The summed E-state index contributed by atoms with van der Waals surface area (Å²) in [5.74, 6) is 0. The summed E-state index contributed by atoms with van der Waals surface area (Å²) in [5.41, 5.74) is 0.0543. The number of phosphoric ester groups is 1. The largest absolute Gasteiger partial charge is 0.756 e. The van der Waals surface area contributed by atoms with Gasteiger partial charge in [0, 0.05) is 6.20 Å². The van der Waals surface area contributed by atoms with Gasteiger partial charge in [0.25, 0.3) is 7.82 Å². The monoisotopic (exact) mass is 286 g/mol. The Bertz CT molecular complexity index is 647. The van der Waals surface area contributed by atoms with Gasteiger partial charge in [0.15, 0.2) is 11.7 Å². The highest BCUT2D eigenvalue weighted by atomic mass is 31.2. The van der Waals surface area contributed by atoms with Crippen molar-refractivity contribution in [1.29, 1.82) is 5.41 Å². The molecule has 1 aromatic rings. The molecule has 0 amide bonds. The molecule has 0 radical (unpaired) electrons. The van der Waals surface area contributed by atoms with Crippen molar-refractivity contribution in [1.82, 2.24) is 9.55 Å². The van der Waals surface area contributed by atoms with E-state index < -0.39 is 32.4 Å². The minimum atomic E-state index is -4.27. The van der Waals surface area contributed by atoms with Crippen LogP contribution >= 0.6 is 7.82 Å². The maximum Gasteiger partial charge on any atom is 0.300 e. The predicted octanol–water partition coefficient (Wildman–Crippen LogP) is -1.10. The van der Waals surface area contributed by atoms with Gasteiger partial charge in [-0.05, 0) is 6.07 Å². The van der Waals surface area contributed by atoms with Gasteiger partial charge in [0.05, 0.1) is 0 Å². The third-order valence-electron chi connectivity index (χ3n) is 3.27. The molecule has 3 aliphatic rings. The molecule has 0 aliphatic carbocycles. The van der Waals surface area contributed by atoms with Crippen LogP contribution in [-0.4, -0.2) is 34.5 Å². The quantitative estimate of drug-likeness (QED) is 0.601. The minimum absolute atomic E-state index is 0.0543. The molecule has 0 spiro atoms. The first-order chi connectivity index (χ1) is 9.03. The van der Waals surface area contributed by atoms with Crippen LogP contribution in [0.5, 0.6) is 6.01 Å². The van der Waals surface area contributed by atoms with Crippen LogP contribution in [0.1, 0.15) is 6.23 Å². The summed E-state index contributed by atoms with van der Waals surface area (Å²) in [6.07, 6.45) is -1.14. The van der Waals surface area contributed by atoms with Crippen molar-refractivity contribution in [3.8, 4) is 6.01 Å². The highest BCUT2D eigenvalue weighted by Crippen LogP contribution is 2.56. The maximum atomic E-state index is 11.4. The Labute approximate surface area is 106 Å². The molecule has 4 rings (SSSR count). The van der Waals surface area contributed by atoms with Gasteiger partial charge in [-0.15, -0.1) is 0 Å². The fourth-order valence-electron chi connectivity index (χ4n) is 2.50. The van der Waals surface area contributed by atoms with Crippen molar-refractivity contribution < 1.29 is 28.0 Å². The minimum Gasteiger partial charge on any atom is -0.756 e. The summed E-state index contributed by atoms with van der Waals surface area (Å²) in [6, 6.07) is 1.66. The molecule has 0 aromatic carbocycles. The maximum absolute atomic E-state index is 11.4. The van der Waals surface area contributed by atoms with E-state index in [4.69, 9.17) is 23.9 Å². The molecule has 1 unspecified atom stereocenters. The summed E-state index contributed by atoms with van der Waals surface area (Å²) in [4.78, 5) is 15.3. The van der Waals surface area contributed by atoms with Crippen LogP contribution in [0.3, 0.4) is 0 Å². The molecule has 3 aliphatic heterocycles. The van der Waals surface area contributed by atoms with Crippen molar-refractivity contribution in [2.75, 3.05) is 6.61 Å². The van der Waals surface area contributed by atoms with Gasteiger partial charge < -0.3 is 23.4 Å². The van der Waals surface area contributed by atoms with Crippen LogP contribution in [0, 0.1) is 5.41 Å². The highest BCUT2D eigenvalue weighted by molar-refractivity contribution is 7.46. The molecule has 2 bridgehead atoms. The lowest BCUT2D eigenvalue weighted by Gasteiger charge is -2.21. The summed E-state index contributed by atoms with van der Waals surface area (Å²) >= 11 is 0. The molecule has 102 valence electrons. The van der Waals surface area contributed by atoms with Gasteiger partial charge in [-0.1, -0.05) is 0 Å². The average molecular weight is 286 g/mol. The van der Waals surface area contributed by atoms with E-state index in [1.54, 1.807) is 6.20 Å². The fraction of sp³-hybridized carbons (Fsp3) is 0.556. The van der Waals surface area contributed by atoms with E-state index in [1.165, 1.54) is 10.6 Å². The Morgan fingerprint density at radius 3 is 3.11 bits per heavy atom. The van der Waals surface area contributed by atoms with Crippen LogP contribution in [0.15, 0.2) is 12.3 Å². The Morgan fingerprint density at radius 2 is 2.26 bits per heavy atom. The van der Waals surface area contributed by atoms with E-state index in [1.807, 2.05) is 0 Å². The first-order valence-electron chi connectivity index (χ1n) is 5.63. The number of hydrogen-bond donors (Lipinski definition) is 1. The molecule has 19 heavy (non-hydrogen) atoms. The Morgan fingerprint density at radius 1 is 1.47 bits per heavy atom. The van der Waals surface area contributed by atoms with Gasteiger partial charge in [-0.3, -0.25) is 14.5 Å². The molecule has 9 nitrogen and oxygen atoms in total. The lowest BCUT2D eigenvalue weighted by molar-refractivity contribution is -0.221. The van der Waals surface area contributed by atoms with Crippen LogP contribution < -0.4 is 15.1 Å². The number of fused-ring (bicyclic) bond motifs is 7. The summed E-state index contributed by atoms with van der Waals surface area (Å²) in [6.45, 7) is 0.0947. The number of nitrogens with one attached hydrogen (secondary N) is 1. The van der Waals surface area contributed by atoms with Crippen LogP contribution in [-0.2, 0) is 18.3 Å². The number of ether oxygens (including phenoxy) is 2. The molecular formula is C9H9N3O6P-. The second kappa shape index (κ2) is 3.65. The predicted molar refractivity (Wildman–Crippen MR) is 54.8 cm³/mol. The van der Waals surface area contributed by atoms with Crippen LogP contribution in [0.2, 0.25) is 0 Å². The summed E-state index contributed by atoms with van der Waals surface area (Å²) in [5, 5.41) is 7.46. The zero-order valence-electron chi connectivity index (χ0n) is 9.46. The molecule has 0 saturated carbocycles. The lowest BCUT2D eigenvalue weighted by Crippen LogP contribution is -2.35. The highest BCUT2D eigenvalue weighted by Gasteiger charge is 2.56. The topological polar surface area (TPSA) is 119 Å². The van der Waals surface area contributed by atoms with Gasteiger partial charge in [0.1, 0.15) is 24.9 Å². The standard InChI is InChI=1S/C9H10N3O6P/c10-5-1-2-12-8-7-6(17-19(13,14)18-7)4(16-8)3-15-9(12)11-5/h1-2,4,6-8,10H,3H2,(H,13,14)/p-1/t4-,6-,7-,8-/m1/s1. The van der Waals surface area contributed by atoms with Gasteiger partial charge in [-0.2, -0.15) is 4.98 Å². The van der Waals surface area contributed by atoms with E-state index in [9.17, 15) is 9.46 Å². The van der Waals surface area contributed by atoms with E-state index in [0.29, 0.717) is 0 Å². The zero-order valence-corrected chi connectivity index (χ0v) is 10.4. The summed E-state index contributed by atoms with van der Waals surface area (Å²) in [7, 11) is -4.27. The SMILES string of the molecule is N=c1ccn2c(n1)OC[C@H]1O[C@@H]2[C@@H]2OP(=O)([O-])O[C@@H]21. The van der Waals surface area contributed by atoms with Gasteiger partial charge in [0.2, 0.25) is 0 Å². The van der Waals surface area contributed by atoms with E-state index >= 15 is 0 Å². The van der Waals surface area contributed by atoms with E-state index in [2.05, 4.69) is 4.98 Å². The number of rotatable bonds is 0. The molecule has 2 fully saturated rings. The number of hydrogen-bond acceptors (Lipinski definition) is 8. The second-order valence-electron chi connectivity index (χ2n) is 4.47. The summed E-state index contributed by atoms with van der Waals surface area (Å²) < 4.78 is 33.8. The van der Waals surface area contributed by atoms with Crippen molar-refractivity contribution in [3.63, 3.8) is 0 Å². The molecule has 1 aromatic heterocycles. The third kappa shape index (κ3) is 1.67. The third-order valence-corrected chi connectivity index (χ3v) is 4.27. The molecule has 2 saturated heterocycles. The average Bonchev–Trinajstić information content (AvgIpc) is 2.73. The zero-order chi connectivity index (χ0) is 13.2. The Hall–Kier alpha value is -1.25. The molecular weight excluding hydrogens is 277 g/mol. The van der Waals surface area contributed by atoms with E-state index in [-0.39, 0.29) is 18.1 Å². The molecule has 1 N–H and O–H groups in total. The van der Waals surface area contributed by atoms with Crippen molar-refractivity contribution >= 4 is 7.82 Å². The normalized spacial score (nSPS) is 43.2. The Balaban J connectivity index is 1.81. The van der Waals surface area contributed by atoms with Gasteiger partial charge >= 0.3 is 6.01 Å². The molecule has 4 heterocycles. The molecule has 10 heteroatoms. The van der Waals surface area contributed by atoms with Crippen molar-refractivity contribution in [3.05, 3.63) is 17.8 Å². The fourth-order valence-corrected chi connectivity index (χ4v) is 3.62. The smallest absolute Gasteiger partial charge is 0.300 e.